The van der Waals surface area contributed by atoms with Crippen LogP contribution in [0.15, 0.2) is 48.7 Å². The fourth-order valence-corrected chi connectivity index (χ4v) is 4.24. The van der Waals surface area contributed by atoms with E-state index in [9.17, 15) is 9.59 Å². The second kappa shape index (κ2) is 9.13. The molecule has 2 heterocycles. The van der Waals surface area contributed by atoms with Crippen LogP contribution in [-0.4, -0.2) is 54.5 Å². The van der Waals surface area contributed by atoms with Crippen LogP contribution in [0.1, 0.15) is 18.4 Å². The Balaban J connectivity index is 1.37. The number of hydrazine groups is 1. The van der Waals surface area contributed by atoms with E-state index in [0.29, 0.717) is 19.0 Å². The molecule has 0 radical (unpaired) electrons. The minimum Gasteiger partial charge on any atom is -0.366 e. The van der Waals surface area contributed by atoms with Crippen molar-refractivity contribution in [2.24, 2.45) is 11.8 Å². The fourth-order valence-electron chi connectivity index (χ4n) is 4.24. The number of carbonyl (C=O) groups is 2. The predicted molar refractivity (Wildman–Crippen MR) is 132 cm³/mol. The largest absolute Gasteiger partial charge is 0.366 e. The number of fused-ring (bicyclic) bond motifs is 1. The first-order valence-electron chi connectivity index (χ1n) is 11.6. The molecule has 8 nitrogen and oxygen atoms in total. The van der Waals surface area contributed by atoms with Crippen molar-refractivity contribution in [1.82, 2.24) is 9.88 Å². The number of morpholine rings is 1. The number of rotatable bonds is 5. The van der Waals surface area contributed by atoms with Crippen LogP contribution >= 0.6 is 0 Å². The van der Waals surface area contributed by atoms with Crippen molar-refractivity contribution < 1.29 is 14.3 Å². The number of ether oxygens (including phenoxy) is 1. The monoisotopic (exact) mass is 459 g/mol. The predicted octanol–water partition coefficient (Wildman–Crippen LogP) is 3.10. The van der Waals surface area contributed by atoms with Gasteiger partial charge in [-0.05, 0) is 73.2 Å². The number of likely N-dealkylation sites (N-methyl/N-ethyl adjacent to an activating group) is 1. The number of benzene rings is 2. The van der Waals surface area contributed by atoms with Crippen molar-refractivity contribution in [3.8, 4) is 11.1 Å². The molecule has 1 saturated carbocycles. The average molecular weight is 460 g/mol. The number of anilines is 2. The number of hydrogen-bond donors (Lipinski definition) is 2. The molecule has 3 N–H and O–H groups in total. The fraction of sp³-hybridized carbons (Fsp3) is 0.346. The van der Waals surface area contributed by atoms with Crippen LogP contribution in [0.5, 0.6) is 0 Å². The van der Waals surface area contributed by atoms with Gasteiger partial charge in [-0.25, -0.2) is 15.8 Å². The first-order valence-corrected chi connectivity index (χ1v) is 11.6. The number of carbonyl (C=O) groups excluding carboxylic acids is 2. The second-order valence-electron chi connectivity index (χ2n) is 9.23. The van der Waals surface area contributed by atoms with Gasteiger partial charge in [0.15, 0.2) is 0 Å². The quantitative estimate of drug-likeness (QED) is 0.345. The maximum Gasteiger partial charge on any atom is 0.254 e. The number of amides is 2. The van der Waals surface area contributed by atoms with Gasteiger partial charge in [0.05, 0.1) is 6.61 Å². The number of nitrogens with one attached hydrogen (secondary N) is 1. The highest BCUT2D eigenvalue weighted by Gasteiger charge is 2.33. The zero-order valence-electron chi connectivity index (χ0n) is 19.5. The summed E-state index contributed by atoms with van der Waals surface area (Å²) in [4.78, 5) is 31.5. The molecule has 1 aromatic heterocycles. The van der Waals surface area contributed by atoms with Gasteiger partial charge in [-0.15, -0.1) is 0 Å². The minimum atomic E-state index is -0.474. The summed E-state index contributed by atoms with van der Waals surface area (Å²) in [5, 5.41) is 6.06. The summed E-state index contributed by atoms with van der Waals surface area (Å²) in [6.45, 7) is 4.01. The number of aryl methyl sites for hydroxylation is 1. The molecule has 3 aromatic rings. The van der Waals surface area contributed by atoms with Crippen LogP contribution in [0.25, 0.3) is 21.9 Å². The smallest absolute Gasteiger partial charge is 0.254 e. The van der Waals surface area contributed by atoms with Crippen LogP contribution in [-0.2, 0) is 14.3 Å². The Kier molecular flexibility index (Phi) is 6.03. The summed E-state index contributed by atoms with van der Waals surface area (Å²) in [6.07, 6.45) is 3.06. The van der Waals surface area contributed by atoms with Gasteiger partial charge in [-0.2, -0.15) is 0 Å². The lowest BCUT2D eigenvalue weighted by atomic mass is 9.97. The maximum absolute atomic E-state index is 12.7. The van der Waals surface area contributed by atoms with Gasteiger partial charge in [0, 0.05) is 36.3 Å². The summed E-state index contributed by atoms with van der Waals surface area (Å²) >= 11 is 0. The molecule has 8 heteroatoms. The van der Waals surface area contributed by atoms with Crippen LogP contribution in [0.3, 0.4) is 0 Å². The molecular formula is C26H29N5O3. The molecule has 34 heavy (non-hydrogen) atoms. The molecule has 2 aliphatic rings. The molecule has 1 aliphatic heterocycles. The molecule has 1 atom stereocenters. The Morgan fingerprint density at radius 1 is 1.15 bits per heavy atom. The molecule has 5 rings (SSSR count). The van der Waals surface area contributed by atoms with Crippen LogP contribution in [0, 0.1) is 12.8 Å². The standard InChI is InChI=1S/C26H29N5O3/c1-16-3-8-21(29-25(32)23-15-30(2)9-10-34-23)13-22(16)19-7-6-18-12-24(28-14-20(18)11-19)31(27)26(33)17-4-5-17/h3,6-8,11-14,17,23H,4-5,9-10,15,27H2,1-2H3,(H,29,32). The minimum absolute atomic E-state index is 0.0335. The van der Waals surface area contributed by atoms with Gasteiger partial charge < -0.3 is 15.0 Å². The van der Waals surface area contributed by atoms with E-state index in [2.05, 4.69) is 21.3 Å². The van der Waals surface area contributed by atoms with E-state index in [1.807, 2.05) is 50.4 Å². The molecule has 0 bridgehead atoms. The van der Waals surface area contributed by atoms with Gasteiger partial charge >= 0.3 is 0 Å². The summed E-state index contributed by atoms with van der Waals surface area (Å²) in [5.74, 6) is 6.27. The van der Waals surface area contributed by atoms with Crippen LogP contribution < -0.4 is 16.2 Å². The highest BCUT2D eigenvalue weighted by Crippen LogP contribution is 2.33. The molecule has 1 saturated heterocycles. The number of pyridine rings is 1. The summed E-state index contributed by atoms with van der Waals surface area (Å²) in [5.41, 5.74) is 3.87. The van der Waals surface area contributed by atoms with E-state index >= 15 is 0 Å². The Morgan fingerprint density at radius 2 is 1.97 bits per heavy atom. The molecule has 1 aliphatic carbocycles. The van der Waals surface area contributed by atoms with Crippen LogP contribution in [0.2, 0.25) is 0 Å². The third-order valence-electron chi connectivity index (χ3n) is 6.50. The van der Waals surface area contributed by atoms with E-state index in [1.54, 1.807) is 6.20 Å². The summed E-state index contributed by atoms with van der Waals surface area (Å²) in [6, 6.07) is 13.8. The van der Waals surface area contributed by atoms with Crippen molar-refractivity contribution in [1.29, 1.82) is 0 Å². The zero-order chi connectivity index (χ0) is 23.8. The van der Waals surface area contributed by atoms with Gasteiger partial charge in [-0.3, -0.25) is 9.59 Å². The van der Waals surface area contributed by atoms with E-state index in [-0.39, 0.29) is 17.7 Å². The molecule has 176 valence electrons. The zero-order valence-corrected chi connectivity index (χ0v) is 19.5. The lowest BCUT2D eigenvalue weighted by molar-refractivity contribution is -0.132. The number of aromatic nitrogens is 1. The third-order valence-corrected chi connectivity index (χ3v) is 6.50. The highest BCUT2D eigenvalue weighted by molar-refractivity contribution is 5.98. The van der Waals surface area contributed by atoms with Crippen molar-refractivity contribution in [2.45, 2.75) is 25.9 Å². The molecule has 2 aromatic carbocycles. The van der Waals surface area contributed by atoms with Gasteiger partial charge in [0.25, 0.3) is 5.91 Å². The first-order chi connectivity index (χ1) is 16.4. The Labute approximate surface area is 198 Å². The lowest BCUT2D eigenvalue weighted by Crippen LogP contribution is -2.46. The molecule has 0 spiro atoms. The van der Waals surface area contributed by atoms with E-state index < -0.39 is 6.10 Å². The van der Waals surface area contributed by atoms with E-state index in [1.165, 1.54) is 0 Å². The molecular weight excluding hydrogens is 430 g/mol. The Morgan fingerprint density at radius 3 is 2.74 bits per heavy atom. The molecule has 2 amide bonds. The number of nitrogens with two attached hydrogens (primary N) is 1. The summed E-state index contributed by atoms with van der Waals surface area (Å²) in [7, 11) is 1.99. The number of hydrogen-bond acceptors (Lipinski definition) is 6. The van der Waals surface area contributed by atoms with E-state index in [0.717, 1.165) is 57.5 Å². The molecule has 1 unspecified atom stereocenters. The van der Waals surface area contributed by atoms with Crippen molar-refractivity contribution in [3.63, 3.8) is 0 Å². The Hall–Kier alpha value is -3.33. The van der Waals surface area contributed by atoms with Gasteiger partial charge in [0.1, 0.15) is 11.9 Å². The maximum atomic E-state index is 12.7. The van der Waals surface area contributed by atoms with Crippen molar-refractivity contribution in [3.05, 3.63) is 54.2 Å². The SMILES string of the molecule is Cc1ccc(NC(=O)C2CN(C)CCO2)cc1-c1ccc2cc(N(N)C(=O)C3CC3)ncc2c1. The third kappa shape index (κ3) is 4.65. The normalized spacial score (nSPS) is 18.6. The highest BCUT2D eigenvalue weighted by atomic mass is 16.5. The first kappa shape index (κ1) is 22.5. The van der Waals surface area contributed by atoms with Gasteiger partial charge in [-0.1, -0.05) is 18.2 Å². The van der Waals surface area contributed by atoms with E-state index in [4.69, 9.17) is 10.6 Å². The van der Waals surface area contributed by atoms with Crippen LogP contribution in [0.4, 0.5) is 11.5 Å². The molecule has 2 fully saturated rings. The summed E-state index contributed by atoms with van der Waals surface area (Å²) < 4.78 is 5.63. The Bertz CT molecular complexity index is 1260. The number of nitrogens with zero attached hydrogens (tertiary/aromatic N) is 3. The van der Waals surface area contributed by atoms with Crippen molar-refractivity contribution >= 4 is 34.1 Å². The topological polar surface area (TPSA) is 101 Å². The lowest BCUT2D eigenvalue weighted by Gasteiger charge is -2.29. The average Bonchev–Trinajstić information content (AvgIpc) is 3.69. The van der Waals surface area contributed by atoms with Crippen molar-refractivity contribution in [2.75, 3.05) is 37.1 Å². The second-order valence-corrected chi connectivity index (χ2v) is 9.23. The van der Waals surface area contributed by atoms with Gasteiger partial charge in [0.2, 0.25) is 5.91 Å².